The van der Waals surface area contributed by atoms with Crippen LogP contribution in [0.4, 0.5) is 0 Å². The van der Waals surface area contributed by atoms with E-state index in [1.165, 1.54) is 0 Å². The minimum absolute atomic E-state index is 0.114. The molecular formula is C15H20ClN3O2. The Morgan fingerprint density at radius 1 is 1.29 bits per heavy atom. The first-order chi connectivity index (χ1) is 9.90. The van der Waals surface area contributed by atoms with Gasteiger partial charge in [-0.3, -0.25) is 9.59 Å². The van der Waals surface area contributed by atoms with Crippen molar-refractivity contribution in [1.82, 2.24) is 10.7 Å². The SMILES string of the molecule is C/C(CC(=O)NCC(C)C)=N\NC(=O)c1ccccc1Cl. The van der Waals surface area contributed by atoms with Gasteiger partial charge in [0, 0.05) is 12.3 Å². The molecule has 0 aliphatic heterocycles. The molecule has 0 aromatic heterocycles. The van der Waals surface area contributed by atoms with Gasteiger partial charge >= 0.3 is 0 Å². The minimum atomic E-state index is -0.400. The van der Waals surface area contributed by atoms with Crippen molar-refractivity contribution in [2.24, 2.45) is 11.0 Å². The number of hydrogen-bond acceptors (Lipinski definition) is 3. The van der Waals surface area contributed by atoms with Gasteiger partial charge < -0.3 is 5.32 Å². The maximum Gasteiger partial charge on any atom is 0.272 e. The van der Waals surface area contributed by atoms with Crippen LogP contribution in [0.5, 0.6) is 0 Å². The fraction of sp³-hybridized carbons (Fsp3) is 0.400. The van der Waals surface area contributed by atoms with Crippen molar-refractivity contribution in [3.05, 3.63) is 34.9 Å². The molecule has 1 rings (SSSR count). The first-order valence-corrected chi connectivity index (χ1v) is 7.12. The topological polar surface area (TPSA) is 70.6 Å². The number of amides is 2. The van der Waals surface area contributed by atoms with E-state index in [4.69, 9.17) is 11.6 Å². The Kier molecular flexibility index (Phi) is 6.88. The van der Waals surface area contributed by atoms with Crippen LogP contribution in [0, 0.1) is 5.92 Å². The second kappa shape index (κ2) is 8.42. The van der Waals surface area contributed by atoms with Gasteiger partial charge in [0.15, 0.2) is 0 Å². The smallest absolute Gasteiger partial charge is 0.272 e. The Balaban J connectivity index is 2.50. The Morgan fingerprint density at radius 2 is 1.95 bits per heavy atom. The summed E-state index contributed by atoms with van der Waals surface area (Å²) in [6.07, 6.45) is 0.148. The van der Waals surface area contributed by atoms with Crippen molar-refractivity contribution in [2.45, 2.75) is 27.2 Å². The van der Waals surface area contributed by atoms with Gasteiger partial charge in [0.2, 0.25) is 5.91 Å². The molecule has 114 valence electrons. The number of carbonyl (C=O) groups excluding carboxylic acids is 2. The molecule has 5 nitrogen and oxygen atoms in total. The van der Waals surface area contributed by atoms with Gasteiger partial charge in [-0.2, -0.15) is 5.10 Å². The Hall–Kier alpha value is -1.88. The molecule has 2 amide bonds. The van der Waals surface area contributed by atoms with Crippen molar-refractivity contribution in [2.75, 3.05) is 6.54 Å². The lowest BCUT2D eigenvalue weighted by Gasteiger charge is -2.07. The van der Waals surface area contributed by atoms with Crippen molar-refractivity contribution in [3.8, 4) is 0 Å². The zero-order valence-corrected chi connectivity index (χ0v) is 13.2. The first kappa shape index (κ1) is 17.2. The highest BCUT2D eigenvalue weighted by atomic mass is 35.5. The van der Waals surface area contributed by atoms with E-state index < -0.39 is 5.91 Å². The van der Waals surface area contributed by atoms with Gasteiger partial charge in [-0.25, -0.2) is 5.43 Å². The number of nitrogens with one attached hydrogen (secondary N) is 2. The molecule has 0 spiro atoms. The number of carbonyl (C=O) groups is 2. The molecule has 1 aromatic carbocycles. The maximum absolute atomic E-state index is 11.9. The van der Waals surface area contributed by atoms with Crippen LogP contribution in [0.25, 0.3) is 0 Å². The fourth-order valence-electron chi connectivity index (χ4n) is 1.50. The van der Waals surface area contributed by atoms with Crippen LogP contribution >= 0.6 is 11.6 Å². The summed E-state index contributed by atoms with van der Waals surface area (Å²) in [5.74, 6) is -0.120. The van der Waals surface area contributed by atoms with Crippen LogP contribution in [-0.4, -0.2) is 24.1 Å². The number of benzene rings is 1. The summed E-state index contributed by atoms with van der Waals surface area (Å²) in [4.78, 5) is 23.5. The fourth-order valence-corrected chi connectivity index (χ4v) is 1.73. The highest BCUT2D eigenvalue weighted by molar-refractivity contribution is 6.33. The molecule has 0 aliphatic rings. The quantitative estimate of drug-likeness (QED) is 0.626. The average Bonchev–Trinajstić information content (AvgIpc) is 2.43. The van der Waals surface area contributed by atoms with Crippen LogP contribution in [0.1, 0.15) is 37.6 Å². The Bertz CT molecular complexity index is 541. The summed E-state index contributed by atoms with van der Waals surface area (Å²) in [6.45, 7) is 6.34. The Morgan fingerprint density at radius 3 is 2.57 bits per heavy atom. The zero-order valence-electron chi connectivity index (χ0n) is 12.4. The highest BCUT2D eigenvalue weighted by Crippen LogP contribution is 2.14. The van der Waals surface area contributed by atoms with E-state index in [1.54, 1.807) is 31.2 Å². The van der Waals surface area contributed by atoms with Crippen LogP contribution in [0.3, 0.4) is 0 Å². The van der Waals surface area contributed by atoms with Crippen LogP contribution < -0.4 is 10.7 Å². The normalized spacial score (nSPS) is 11.4. The van der Waals surface area contributed by atoms with E-state index in [0.717, 1.165) is 0 Å². The molecule has 2 N–H and O–H groups in total. The second-order valence-corrected chi connectivity index (χ2v) is 5.55. The summed E-state index contributed by atoms with van der Waals surface area (Å²) in [7, 11) is 0. The number of hydrazone groups is 1. The third-order valence-electron chi connectivity index (χ3n) is 2.59. The van der Waals surface area contributed by atoms with Gasteiger partial charge in [-0.1, -0.05) is 37.6 Å². The molecule has 1 aromatic rings. The molecule has 0 heterocycles. The summed E-state index contributed by atoms with van der Waals surface area (Å²) in [5.41, 5.74) is 3.27. The van der Waals surface area contributed by atoms with E-state index in [1.807, 2.05) is 13.8 Å². The molecule has 0 unspecified atom stereocenters. The van der Waals surface area contributed by atoms with Crippen molar-refractivity contribution < 1.29 is 9.59 Å². The summed E-state index contributed by atoms with van der Waals surface area (Å²) < 4.78 is 0. The predicted molar refractivity (Wildman–Crippen MR) is 84.5 cm³/mol. The number of halogens is 1. The standard InChI is InChI=1S/C15H20ClN3O2/c1-10(2)9-17-14(20)8-11(3)18-19-15(21)12-6-4-5-7-13(12)16/h4-7,10H,8-9H2,1-3H3,(H,17,20)(H,19,21)/b18-11+. The van der Waals surface area contributed by atoms with E-state index in [-0.39, 0.29) is 12.3 Å². The monoisotopic (exact) mass is 309 g/mol. The number of nitrogens with zero attached hydrogens (tertiary/aromatic N) is 1. The van der Waals surface area contributed by atoms with Crippen molar-refractivity contribution >= 4 is 29.1 Å². The molecule has 0 bridgehead atoms. The van der Waals surface area contributed by atoms with Gasteiger partial charge in [0.05, 0.1) is 17.0 Å². The zero-order chi connectivity index (χ0) is 15.8. The molecule has 0 radical (unpaired) electrons. The average molecular weight is 310 g/mol. The van der Waals surface area contributed by atoms with Crippen molar-refractivity contribution in [3.63, 3.8) is 0 Å². The minimum Gasteiger partial charge on any atom is -0.356 e. The van der Waals surface area contributed by atoms with E-state index in [9.17, 15) is 9.59 Å². The van der Waals surface area contributed by atoms with E-state index >= 15 is 0 Å². The van der Waals surface area contributed by atoms with E-state index in [2.05, 4.69) is 15.8 Å². The number of rotatable bonds is 6. The third kappa shape index (κ3) is 6.40. The number of hydrogen-bond donors (Lipinski definition) is 2. The highest BCUT2D eigenvalue weighted by Gasteiger charge is 2.09. The van der Waals surface area contributed by atoms with Gasteiger partial charge in [-0.05, 0) is 25.0 Å². The molecule has 0 fully saturated rings. The van der Waals surface area contributed by atoms with Gasteiger partial charge in [-0.15, -0.1) is 0 Å². The maximum atomic E-state index is 11.9. The molecule has 6 heteroatoms. The Labute approximate surface area is 129 Å². The lowest BCUT2D eigenvalue weighted by molar-refractivity contribution is -0.120. The molecule has 0 aliphatic carbocycles. The second-order valence-electron chi connectivity index (χ2n) is 5.14. The molecule has 0 saturated carbocycles. The summed E-state index contributed by atoms with van der Waals surface area (Å²) in [6, 6.07) is 6.70. The van der Waals surface area contributed by atoms with Crippen LogP contribution in [0.15, 0.2) is 29.4 Å². The first-order valence-electron chi connectivity index (χ1n) is 6.75. The molecule has 21 heavy (non-hydrogen) atoms. The third-order valence-corrected chi connectivity index (χ3v) is 2.92. The predicted octanol–water partition coefficient (Wildman–Crippen LogP) is 2.61. The largest absolute Gasteiger partial charge is 0.356 e. The lowest BCUT2D eigenvalue weighted by Crippen LogP contribution is -2.29. The van der Waals surface area contributed by atoms with Crippen LogP contribution in [-0.2, 0) is 4.79 Å². The summed E-state index contributed by atoms with van der Waals surface area (Å²) >= 11 is 5.92. The van der Waals surface area contributed by atoms with Crippen molar-refractivity contribution in [1.29, 1.82) is 0 Å². The van der Waals surface area contributed by atoms with E-state index in [0.29, 0.717) is 28.8 Å². The molecule has 0 atom stereocenters. The van der Waals surface area contributed by atoms with Gasteiger partial charge in [0.1, 0.15) is 0 Å². The lowest BCUT2D eigenvalue weighted by atomic mass is 10.2. The molecule has 0 saturated heterocycles. The summed E-state index contributed by atoms with van der Waals surface area (Å²) in [5, 5.41) is 7.05. The van der Waals surface area contributed by atoms with Crippen LogP contribution in [0.2, 0.25) is 5.02 Å². The molecular weight excluding hydrogens is 290 g/mol. The van der Waals surface area contributed by atoms with Gasteiger partial charge in [0.25, 0.3) is 5.91 Å².